The summed E-state index contributed by atoms with van der Waals surface area (Å²) in [5, 5.41) is 18.6. The Hall–Kier alpha value is -1.33. The molecule has 0 unspecified atom stereocenters. The Morgan fingerprint density at radius 1 is 1.39 bits per heavy atom. The molecule has 0 saturated carbocycles. The van der Waals surface area contributed by atoms with Crippen molar-refractivity contribution in [3.8, 4) is 5.75 Å². The van der Waals surface area contributed by atoms with Gasteiger partial charge < -0.3 is 15.9 Å². The van der Waals surface area contributed by atoms with Crippen LogP contribution >= 0.6 is 12.4 Å². The van der Waals surface area contributed by atoms with Crippen LogP contribution in [0.1, 0.15) is 42.7 Å². The van der Waals surface area contributed by atoms with Gasteiger partial charge in [0, 0.05) is 11.6 Å². The van der Waals surface area contributed by atoms with Crippen LogP contribution in [0.5, 0.6) is 5.75 Å². The highest BCUT2D eigenvalue weighted by atomic mass is 35.5. The zero-order valence-corrected chi connectivity index (χ0v) is 11.2. The van der Waals surface area contributed by atoms with E-state index in [0.29, 0.717) is 0 Å². The van der Waals surface area contributed by atoms with E-state index < -0.39 is 29.0 Å². The lowest BCUT2D eigenvalue weighted by Crippen LogP contribution is -2.27. The number of carboxylic acids is 1. The Morgan fingerprint density at radius 2 is 1.89 bits per heavy atom. The number of nitrogens with two attached hydrogens (primary N) is 1. The van der Waals surface area contributed by atoms with E-state index in [1.807, 2.05) is 0 Å². The van der Waals surface area contributed by atoms with Crippen LogP contribution in [-0.4, -0.2) is 16.2 Å². The number of benzene rings is 1. The molecule has 0 heterocycles. The van der Waals surface area contributed by atoms with E-state index in [1.165, 1.54) is 0 Å². The largest absolute Gasteiger partial charge is 0.507 e. The molecular weight excluding hydrogens is 261 g/mol. The number of carboxylic acid groups (broad SMARTS) is 1. The fraction of sp³-hybridized carbons (Fsp3) is 0.417. The van der Waals surface area contributed by atoms with E-state index in [0.717, 1.165) is 12.1 Å². The van der Waals surface area contributed by atoms with Crippen LogP contribution in [0.3, 0.4) is 0 Å². The average Bonchev–Trinajstić information content (AvgIpc) is 2.15. The molecule has 0 aliphatic rings. The number of rotatable bonds is 2. The lowest BCUT2D eigenvalue weighted by atomic mass is 9.82. The quantitative estimate of drug-likeness (QED) is 0.776. The number of aromatic hydroxyl groups is 1. The molecule has 1 atom stereocenters. The minimum atomic E-state index is -1.31. The first-order chi connectivity index (χ1) is 7.66. The topological polar surface area (TPSA) is 83.6 Å². The van der Waals surface area contributed by atoms with Gasteiger partial charge in [0.05, 0.1) is 0 Å². The molecule has 0 aliphatic heterocycles. The minimum absolute atomic E-state index is 0. The Morgan fingerprint density at radius 3 is 2.28 bits per heavy atom. The van der Waals surface area contributed by atoms with Gasteiger partial charge >= 0.3 is 5.97 Å². The van der Waals surface area contributed by atoms with E-state index in [2.05, 4.69) is 0 Å². The van der Waals surface area contributed by atoms with Crippen molar-refractivity contribution in [2.24, 2.45) is 11.1 Å². The van der Waals surface area contributed by atoms with Crippen LogP contribution < -0.4 is 5.73 Å². The zero-order chi connectivity index (χ0) is 13.4. The van der Waals surface area contributed by atoms with Crippen molar-refractivity contribution in [3.63, 3.8) is 0 Å². The molecule has 0 spiro atoms. The third-order valence-corrected chi connectivity index (χ3v) is 2.64. The lowest BCUT2D eigenvalue weighted by Gasteiger charge is -2.28. The maximum absolute atomic E-state index is 13.6. The molecule has 1 aromatic carbocycles. The van der Waals surface area contributed by atoms with Crippen molar-refractivity contribution >= 4 is 18.4 Å². The monoisotopic (exact) mass is 277 g/mol. The van der Waals surface area contributed by atoms with Gasteiger partial charge in [-0.3, -0.25) is 0 Å². The van der Waals surface area contributed by atoms with Gasteiger partial charge in [-0.1, -0.05) is 20.8 Å². The summed E-state index contributed by atoms with van der Waals surface area (Å²) in [4.78, 5) is 10.8. The summed E-state index contributed by atoms with van der Waals surface area (Å²) < 4.78 is 13.6. The van der Waals surface area contributed by atoms with Crippen LogP contribution in [0.2, 0.25) is 0 Å². The highest BCUT2D eigenvalue weighted by Crippen LogP contribution is 2.38. The van der Waals surface area contributed by atoms with Crippen molar-refractivity contribution < 1.29 is 19.4 Å². The van der Waals surface area contributed by atoms with Gasteiger partial charge in [0.2, 0.25) is 0 Å². The maximum Gasteiger partial charge on any atom is 0.339 e. The van der Waals surface area contributed by atoms with Crippen LogP contribution in [0.4, 0.5) is 4.39 Å². The van der Waals surface area contributed by atoms with Crippen molar-refractivity contribution in [2.45, 2.75) is 26.8 Å². The first-order valence-corrected chi connectivity index (χ1v) is 5.16. The second-order valence-corrected chi connectivity index (χ2v) is 5.01. The van der Waals surface area contributed by atoms with E-state index in [1.54, 1.807) is 20.8 Å². The summed E-state index contributed by atoms with van der Waals surface area (Å²) >= 11 is 0. The molecule has 0 radical (unpaired) electrons. The van der Waals surface area contributed by atoms with E-state index in [-0.39, 0.29) is 23.5 Å². The molecule has 0 saturated heterocycles. The lowest BCUT2D eigenvalue weighted by molar-refractivity contribution is 0.0693. The number of halogens is 2. The van der Waals surface area contributed by atoms with Crippen LogP contribution in [0.15, 0.2) is 12.1 Å². The van der Waals surface area contributed by atoms with Crippen molar-refractivity contribution in [2.75, 3.05) is 0 Å². The minimum Gasteiger partial charge on any atom is -0.507 e. The summed E-state index contributed by atoms with van der Waals surface area (Å²) in [7, 11) is 0. The molecule has 0 amide bonds. The molecule has 0 fully saturated rings. The van der Waals surface area contributed by atoms with Gasteiger partial charge in [-0.05, 0) is 17.5 Å². The summed E-state index contributed by atoms with van der Waals surface area (Å²) in [6.45, 7) is 5.35. The standard InChI is InChI=1S/C12H16FNO3.ClH/c1-12(2,3)10(14)8-7(13)5-4-6(9(8)15)11(16)17;/h4-5,10,15H,14H2,1-3H3,(H,16,17);1H/t10-;/m0./s1. The van der Waals surface area contributed by atoms with Gasteiger partial charge in [-0.2, -0.15) is 0 Å². The van der Waals surface area contributed by atoms with Crippen LogP contribution in [0.25, 0.3) is 0 Å². The van der Waals surface area contributed by atoms with E-state index in [9.17, 15) is 14.3 Å². The molecular formula is C12H17ClFNO3. The second kappa shape index (κ2) is 5.54. The number of hydrogen-bond acceptors (Lipinski definition) is 3. The molecule has 0 bridgehead atoms. The van der Waals surface area contributed by atoms with Crippen molar-refractivity contribution in [3.05, 3.63) is 29.1 Å². The second-order valence-electron chi connectivity index (χ2n) is 5.01. The first-order valence-electron chi connectivity index (χ1n) is 5.16. The Kier molecular flexibility index (Phi) is 5.13. The maximum atomic E-state index is 13.6. The smallest absolute Gasteiger partial charge is 0.339 e. The predicted molar refractivity (Wildman–Crippen MR) is 68.7 cm³/mol. The highest BCUT2D eigenvalue weighted by molar-refractivity contribution is 5.91. The van der Waals surface area contributed by atoms with Crippen LogP contribution in [-0.2, 0) is 0 Å². The summed E-state index contributed by atoms with van der Waals surface area (Å²) in [6, 6.07) is 1.23. The third-order valence-electron chi connectivity index (χ3n) is 2.64. The molecule has 4 nitrogen and oxygen atoms in total. The van der Waals surface area contributed by atoms with E-state index in [4.69, 9.17) is 10.8 Å². The van der Waals surface area contributed by atoms with Crippen LogP contribution in [0, 0.1) is 11.2 Å². The summed E-state index contributed by atoms with van der Waals surface area (Å²) in [5.74, 6) is -2.61. The summed E-state index contributed by atoms with van der Waals surface area (Å²) in [6.07, 6.45) is 0. The average molecular weight is 278 g/mol. The summed E-state index contributed by atoms with van der Waals surface area (Å²) in [5.41, 5.74) is 4.86. The Labute approximate surface area is 111 Å². The number of aromatic carboxylic acids is 1. The first kappa shape index (κ1) is 16.7. The molecule has 1 aromatic rings. The van der Waals surface area contributed by atoms with Crippen molar-refractivity contribution in [1.82, 2.24) is 0 Å². The van der Waals surface area contributed by atoms with Gasteiger partial charge in [-0.25, -0.2) is 9.18 Å². The molecule has 0 aliphatic carbocycles. The van der Waals surface area contributed by atoms with Crippen molar-refractivity contribution in [1.29, 1.82) is 0 Å². The third kappa shape index (κ3) is 3.11. The predicted octanol–water partition coefficient (Wildman–Crippen LogP) is 2.70. The SMILES string of the molecule is CC(C)(C)[C@@H](N)c1c(F)ccc(C(=O)O)c1O.Cl. The highest BCUT2D eigenvalue weighted by Gasteiger charge is 2.29. The fourth-order valence-electron chi connectivity index (χ4n) is 1.48. The molecule has 102 valence electrons. The number of hydrogen-bond donors (Lipinski definition) is 3. The van der Waals surface area contributed by atoms with Gasteiger partial charge in [0.1, 0.15) is 17.1 Å². The zero-order valence-electron chi connectivity index (χ0n) is 10.4. The molecule has 6 heteroatoms. The van der Waals surface area contributed by atoms with Gasteiger partial charge in [-0.15, -0.1) is 12.4 Å². The Balaban J connectivity index is 0.00000289. The molecule has 1 rings (SSSR count). The number of phenols is 1. The van der Waals surface area contributed by atoms with Gasteiger partial charge in [0.25, 0.3) is 0 Å². The Bertz CT molecular complexity index is 457. The van der Waals surface area contributed by atoms with E-state index >= 15 is 0 Å². The normalized spacial score (nSPS) is 12.7. The molecule has 0 aromatic heterocycles. The molecule has 18 heavy (non-hydrogen) atoms. The number of carbonyl (C=O) groups is 1. The fourth-order valence-corrected chi connectivity index (χ4v) is 1.48. The van der Waals surface area contributed by atoms with Gasteiger partial charge in [0.15, 0.2) is 0 Å². The molecule has 4 N–H and O–H groups in total.